The molecule has 0 aliphatic carbocycles. The highest BCUT2D eigenvalue weighted by atomic mass is 31.2. The Hall–Kier alpha value is -2.58. The Morgan fingerprint density at radius 2 is 0.735 bits per heavy atom. The second-order valence-corrected chi connectivity index (χ2v) is 26.3. The average molecular weight is 1180 g/mol. The highest BCUT2D eigenvalue weighted by Gasteiger charge is 2.24. The van der Waals surface area contributed by atoms with E-state index < -0.39 is 20.0 Å². The van der Waals surface area contributed by atoms with Crippen molar-refractivity contribution in [1.82, 2.24) is 5.32 Å². The molecule has 0 aliphatic heterocycles. The van der Waals surface area contributed by atoms with Crippen LogP contribution in [0.3, 0.4) is 0 Å². The molecule has 8 nitrogen and oxygen atoms in total. The zero-order valence-corrected chi connectivity index (χ0v) is 56.0. The Kier molecular flexibility index (Phi) is 61.9. The number of quaternary nitrogens is 1. The summed E-state index contributed by atoms with van der Waals surface area (Å²) in [7, 11) is 1.31. The summed E-state index contributed by atoms with van der Waals surface area (Å²) in [5, 5.41) is 14.1. The lowest BCUT2D eigenvalue weighted by Crippen LogP contribution is -2.46. The van der Waals surface area contributed by atoms with Gasteiger partial charge in [0.25, 0.3) is 7.82 Å². The molecule has 0 spiro atoms. The summed E-state index contributed by atoms with van der Waals surface area (Å²) < 4.78 is 23.5. The van der Waals surface area contributed by atoms with Crippen molar-refractivity contribution in [1.29, 1.82) is 0 Å². The molecule has 0 saturated heterocycles. The summed E-state index contributed by atoms with van der Waals surface area (Å²) >= 11 is 0. The largest absolute Gasteiger partial charge is 0.756 e. The third-order valence-electron chi connectivity index (χ3n) is 15.6. The number of nitrogens with zero attached hydrogens (tertiary/aromatic N) is 1. The van der Waals surface area contributed by atoms with E-state index in [1.165, 1.54) is 199 Å². The predicted molar refractivity (Wildman–Crippen MR) is 362 cm³/mol. The zero-order chi connectivity index (χ0) is 60.5. The molecule has 0 bridgehead atoms. The molecule has 2 N–H and O–H groups in total. The number of hydrogen-bond acceptors (Lipinski definition) is 6. The van der Waals surface area contributed by atoms with Gasteiger partial charge in [0.05, 0.1) is 39.9 Å². The number of unbranched alkanes of at least 4 members (excludes halogenated alkanes) is 35. The average Bonchev–Trinajstić information content (AvgIpc) is 3.49. The number of nitrogens with one attached hydrogen (secondary N) is 1. The second-order valence-electron chi connectivity index (χ2n) is 24.9. The Labute approximate surface area is 515 Å². The fraction of sp³-hybridized carbons (Fsp3) is 0.770. The zero-order valence-electron chi connectivity index (χ0n) is 55.1. The molecule has 3 unspecified atom stereocenters. The van der Waals surface area contributed by atoms with Crippen LogP contribution in [0, 0.1) is 0 Å². The van der Waals surface area contributed by atoms with Gasteiger partial charge in [-0.2, -0.15) is 0 Å². The Morgan fingerprint density at radius 3 is 1.07 bits per heavy atom. The maximum Gasteiger partial charge on any atom is 0.268 e. The summed E-state index contributed by atoms with van der Waals surface area (Å²) in [5.74, 6) is -0.163. The van der Waals surface area contributed by atoms with E-state index in [2.05, 4.69) is 116 Å². The summed E-state index contributed by atoms with van der Waals surface area (Å²) in [6.07, 6.45) is 91.9. The van der Waals surface area contributed by atoms with Crippen LogP contribution < -0.4 is 10.2 Å². The number of aliphatic hydroxyl groups excluding tert-OH is 1. The Morgan fingerprint density at radius 1 is 0.434 bits per heavy atom. The minimum absolute atomic E-state index is 0.0108. The van der Waals surface area contributed by atoms with Crippen molar-refractivity contribution in [3.63, 3.8) is 0 Å². The lowest BCUT2D eigenvalue weighted by molar-refractivity contribution is -0.870. The first kappa shape index (κ1) is 80.4. The molecule has 0 aromatic heterocycles. The van der Waals surface area contributed by atoms with Crippen molar-refractivity contribution in [3.05, 3.63) is 97.2 Å². The molecule has 0 aromatic carbocycles. The van der Waals surface area contributed by atoms with Crippen LogP contribution >= 0.6 is 7.82 Å². The standard InChI is InChI=1S/C74H135N2O6P/c1-6-8-10-12-14-16-18-20-22-24-26-28-29-30-31-32-33-34-35-36-37-38-39-40-41-42-43-44-45-46-47-48-50-52-54-56-58-60-62-64-66-68-74(78)75-72(71-82-83(79,80)81-70-69-76(3,4)5)73(77)67-65-63-61-59-57-55-53-51-49-27-25-23-21-19-17-15-13-11-9-7-2/h8,10,14,16,20,22,26,28,30-31,33-34,36-37,39-40,72-73,77H,6-7,9,11-13,15,17-19,21,23-25,27,29,32,35,38,41-71H2,1-5H3,(H-,75,78,79,80)/b10-8-,16-14-,22-20-,28-26-,31-30-,34-33-,37-36-,40-39-. The van der Waals surface area contributed by atoms with Crippen LogP contribution in [0.15, 0.2) is 97.2 Å². The Balaban J connectivity index is 3.99. The number of amides is 1. The molecule has 0 rings (SSSR count). The van der Waals surface area contributed by atoms with Crippen molar-refractivity contribution < 1.29 is 32.9 Å². The van der Waals surface area contributed by atoms with Crippen LogP contribution in [0.2, 0.25) is 0 Å². The first-order chi connectivity index (χ1) is 40.5. The van der Waals surface area contributed by atoms with Crippen molar-refractivity contribution >= 4 is 13.7 Å². The van der Waals surface area contributed by atoms with Crippen molar-refractivity contribution in [2.75, 3.05) is 40.9 Å². The molecule has 9 heteroatoms. The first-order valence-electron chi connectivity index (χ1n) is 35.1. The SMILES string of the molecule is CC/C=C\C/C=C\C/C=C\C/C=C\C/C=C\C/C=C\C/C=C\C/C=C\CCCCCCCCCCCCCCCCCCC(=O)NC(COP(=O)([O-])OCC[N+](C)(C)C)C(O)CCCCCCCCCCCCCCCCCCCCCC. The van der Waals surface area contributed by atoms with Gasteiger partial charge in [-0.25, -0.2) is 0 Å². The summed E-state index contributed by atoms with van der Waals surface area (Å²) in [4.78, 5) is 25.6. The van der Waals surface area contributed by atoms with Crippen LogP contribution in [0.25, 0.3) is 0 Å². The summed E-state index contributed by atoms with van der Waals surface area (Å²) in [6.45, 7) is 4.64. The van der Waals surface area contributed by atoms with Crippen molar-refractivity contribution in [3.8, 4) is 0 Å². The number of rotatable bonds is 64. The number of phosphoric acid groups is 1. The van der Waals surface area contributed by atoms with E-state index in [1.807, 2.05) is 21.1 Å². The lowest BCUT2D eigenvalue weighted by Gasteiger charge is -2.30. The van der Waals surface area contributed by atoms with Gasteiger partial charge in [-0.15, -0.1) is 0 Å². The molecule has 0 aromatic rings. The molecule has 1 amide bonds. The van der Waals surface area contributed by atoms with Crippen LogP contribution in [0.1, 0.15) is 316 Å². The van der Waals surface area contributed by atoms with Gasteiger partial charge in [-0.1, -0.05) is 329 Å². The fourth-order valence-electron chi connectivity index (χ4n) is 10.2. The molecule has 0 aliphatic rings. The number of aliphatic hydroxyl groups is 1. The van der Waals surface area contributed by atoms with Crippen LogP contribution in [0.5, 0.6) is 0 Å². The van der Waals surface area contributed by atoms with Crippen LogP contribution in [-0.2, 0) is 18.4 Å². The molecule has 83 heavy (non-hydrogen) atoms. The maximum atomic E-state index is 13.1. The van der Waals surface area contributed by atoms with Gasteiger partial charge in [0.2, 0.25) is 5.91 Å². The number of allylic oxidation sites excluding steroid dienone is 16. The summed E-state index contributed by atoms with van der Waals surface area (Å²) in [5.41, 5.74) is 0. The molecular weight excluding hydrogens is 1040 g/mol. The predicted octanol–water partition coefficient (Wildman–Crippen LogP) is 21.9. The molecular formula is C74H135N2O6P. The maximum absolute atomic E-state index is 13.1. The summed E-state index contributed by atoms with van der Waals surface area (Å²) in [6, 6.07) is -0.805. The molecule has 3 atom stereocenters. The van der Waals surface area contributed by atoms with Gasteiger partial charge in [-0.3, -0.25) is 9.36 Å². The highest BCUT2D eigenvalue weighted by molar-refractivity contribution is 7.45. The van der Waals surface area contributed by atoms with E-state index in [0.29, 0.717) is 23.9 Å². The Bertz CT molecular complexity index is 1670. The smallest absolute Gasteiger partial charge is 0.268 e. The van der Waals surface area contributed by atoms with Gasteiger partial charge in [0.1, 0.15) is 13.2 Å². The van der Waals surface area contributed by atoms with E-state index in [1.54, 1.807) is 0 Å². The second kappa shape index (κ2) is 63.9. The first-order valence-corrected chi connectivity index (χ1v) is 36.5. The third kappa shape index (κ3) is 66.8. The lowest BCUT2D eigenvalue weighted by atomic mass is 10.0. The van der Waals surface area contributed by atoms with Gasteiger partial charge >= 0.3 is 0 Å². The van der Waals surface area contributed by atoms with Crippen LogP contribution in [0.4, 0.5) is 0 Å². The topological polar surface area (TPSA) is 108 Å². The minimum Gasteiger partial charge on any atom is -0.756 e. The number of hydrogen-bond donors (Lipinski definition) is 2. The number of carbonyl (C=O) groups is 1. The van der Waals surface area contributed by atoms with Gasteiger partial charge in [-0.05, 0) is 77.0 Å². The van der Waals surface area contributed by atoms with Gasteiger partial charge in [0.15, 0.2) is 0 Å². The minimum atomic E-state index is -4.58. The molecule has 0 saturated carbocycles. The number of carbonyl (C=O) groups excluding carboxylic acids is 1. The normalized spacial score (nSPS) is 14.3. The van der Waals surface area contributed by atoms with E-state index in [9.17, 15) is 19.4 Å². The van der Waals surface area contributed by atoms with Crippen molar-refractivity contribution in [2.24, 2.45) is 0 Å². The van der Waals surface area contributed by atoms with Gasteiger partial charge in [0, 0.05) is 6.42 Å². The third-order valence-corrected chi connectivity index (χ3v) is 16.6. The molecule has 0 fully saturated rings. The van der Waals surface area contributed by atoms with E-state index >= 15 is 0 Å². The van der Waals surface area contributed by atoms with E-state index in [0.717, 1.165) is 89.9 Å². The van der Waals surface area contributed by atoms with Crippen molar-refractivity contribution in [2.45, 2.75) is 328 Å². The number of phosphoric ester groups is 1. The quantitative estimate of drug-likeness (QED) is 0.0272. The molecule has 0 heterocycles. The highest BCUT2D eigenvalue weighted by Crippen LogP contribution is 2.38. The fourth-order valence-corrected chi connectivity index (χ4v) is 10.9. The van der Waals surface area contributed by atoms with Gasteiger partial charge < -0.3 is 28.8 Å². The molecule has 0 radical (unpaired) electrons. The number of likely N-dealkylation sites (N-methyl/N-ethyl adjacent to an activating group) is 1. The van der Waals surface area contributed by atoms with E-state index in [4.69, 9.17) is 9.05 Å². The van der Waals surface area contributed by atoms with Crippen LogP contribution in [-0.4, -0.2) is 68.5 Å². The molecule has 482 valence electrons. The van der Waals surface area contributed by atoms with E-state index in [-0.39, 0.29) is 19.1 Å². The monoisotopic (exact) mass is 1180 g/mol.